The smallest absolute Gasteiger partial charge is 0.250 e. The van der Waals surface area contributed by atoms with E-state index in [1.807, 2.05) is 0 Å². The van der Waals surface area contributed by atoms with Gasteiger partial charge in [-0.1, -0.05) is 11.6 Å². The van der Waals surface area contributed by atoms with E-state index in [2.05, 4.69) is 20.0 Å². The molecule has 3 aromatic heterocycles. The van der Waals surface area contributed by atoms with Crippen molar-refractivity contribution in [3.8, 4) is 5.69 Å². The number of hydrogen-bond donors (Lipinski definition) is 2. The number of hydrogen-bond acceptors (Lipinski definition) is 7. The number of carbonyl (C=O) groups excluding carboxylic acids is 1. The number of halogens is 2. The van der Waals surface area contributed by atoms with Crippen LogP contribution in [-0.4, -0.2) is 48.5 Å². The fraction of sp³-hybridized carbons (Fsp3) is 0.261. The number of benzene rings is 1. The van der Waals surface area contributed by atoms with Gasteiger partial charge in [0.2, 0.25) is 5.91 Å². The first-order chi connectivity index (χ1) is 17.3. The zero-order valence-corrected chi connectivity index (χ0v) is 21.5. The first-order valence-electron chi connectivity index (χ1n) is 11.1. The van der Waals surface area contributed by atoms with E-state index >= 15 is 4.39 Å². The van der Waals surface area contributed by atoms with E-state index < -0.39 is 27.8 Å². The molecule has 1 amide bonds. The van der Waals surface area contributed by atoms with E-state index in [1.54, 1.807) is 42.2 Å². The molecule has 36 heavy (non-hydrogen) atoms. The lowest BCUT2D eigenvalue weighted by Crippen LogP contribution is -2.52. The fourth-order valence-corrected chi connectivity index (χ4v) is 6.97. The molecule has 0 saturated carbocycles. The number of carbonyl (C=O) groups is 1. The maximum atomic E-state index is 15.2. The van der Waals surface area contributed by atoms with Gasteiger partial charge in [0.05, 0.1) is 12.2 Å². The molecule has 0 aliphatic carbocycles. The number of sulfonamides is 1. The maximum absolute atomic E-state index is 15.2. The van der Waals surface area contributed by atoms with Gasteiger partial charge in [0.15, 0.2) is 0 Å². The van der Waals surface area contributed by atoms with Crippen molar-refractivity contribution in [2.45, 2.75) is 29.6 Å². The Morgan fingerprint density at radius 3 is 2.86 bits per heavy atom. The fourth-order valence-electron chi connectivity index (χ4n) is 4.20. The van der Waals surface area contributed by atoms with Crippen LogP contribution in [0.4, 0.5) is 10.1 Å². The van der Waals surface area contributed by atoms with Gasteiger partial charge in [-0.3, -0.25) is 4.79 Å². The third-order valence-corrected chi connectivity index (χ3v) is 9.08. The summed E-state index contributed by atoms with van der Waals surface area (Å²) in [7, 11) is -2.21. The van der Waals surface area contributed by atoms with Crippen LogP contribution in [0.3, 0.4) is 0 Å². The van der Waals surface area contributed by atoms with E-state index in [0.29, 0.717) is 41.1 Å². The summed E-state index contributed by atoms with van der Waals surface area (Å²) in [5.41, 5.74) is 0.669. The number of anilines is 1. The lowest BCUT2D eigenvalue weighted by Gasteiger charge is -2.32. The average Bonchev–Trinajstić information content (AvgIpc) is 3.48. The maximum Gasteiger partial charge on any atom is 0.250 e. The standard InChI is InChI=1S/C23H22ClFN6O3S2/c1-26-13-20-27-8-10-30(20)15-5-6-18(16(25)12-15)31-9-2-3-17(23(31)32)29-36(33,34)21-11-14-4-7-19(24)28-22(14)35-21/h4-8,10-12,17,26,29H,2-3,9,13H2,1H3. The minimum absolute atomic E-state index is 0.0328. The molecule has 2 N–H and O–H groups in total. The molecule has 1 aliphatic heterocycles. The molecular formula is C23H22ClFN6O3S2. The normalized spacial score (nSPS) is 16.7. The molecule has 9 nitrogen and oxygen atoms in total. The Hall–Kier alpha value is -2.90. The van der Waals surface area contributed by atoms with Crippen LogP contribution in [0.2, 0.25) is 5.15 Å². The zero-order chi connectivity index (χ0) is 25.4. The van der Waals surface area contributed by atoms with E-state index in [0.717, 1.165) is 11.3 Å². The summed E-state index contributed by atoms with van der Waals surface area (Å²) >= 11 is 6.88. The lowest BCUT2D eigenvalue weighted by atomic mass is 10.0. The highest BCUT2D eigenvalue weighted by molar-refractivity contribution is 7.91. The average molecular weight is 549 g/mol. The molecule has 0 bridgehead atoms. The summed E-state index contributed by atoms with van der Waals surface area (Å²) in [5.74, 6) is -0.370. The van der Waals surface area contributed by atoms with Crippen LogP contribution in [0.5, 0.6) is 0 Å². The van der Waals surface area contributed by atoms with Crippen LogP contribution in [0, 0.1) is 5.82 Å². The number of nitrogens with one attached hydrogen (secondary N) is 2. The van der Waals surface area contributed by atoms with Crippen molar-refractivity contribution in [2.75, 3.05) is 18.5 Å². The van der Waals surface area contributed by atoms with Gasteiger partial charge in [-0.25, -0.2) is 22.8 Å². The highest BCUT2D eigenvalue weighted by Gasteiger charge is 2.35. The van der Waals surface area contributed by atoms with E-state index in [-0.39, 0.29) is 21.6 Å². The van der Waals surface area contributed by atoms with Gasteiger partial charge >= 0.3 is 0 Å². The van der Waals surface area contributed by atoms with Gasteiger partial charge < -0.3 is 14.8 Å². The van der Waals surface area contributed by atoms with Gasteiger partial charge in [-0.2, -0.15) is 4.72 Å². The number of nitrogens with zero attached hydrogens (tertiary/aromatic N) is 4. The van der Waals surface area contributed by atoms with Crippen molar-refractivity contribution in [3.63, 3.8) is 0 Å². The molecule has 1 atom stereocenters. The number of imidazole rings is 1. The molecule has 1 fully saturated rings. The van der Waals surface area contributed by atoms with Crippen LogP contribution in [-0.2, 0) is 21.4 Å². The quantitative estimate of drug-likeness (QED) is 0.342. The van der Waals surface area contributed by atoms with Crippen LogP contribution in [0.15, 0.2) is 53.0 Å². The first kappa shape index (κ1) is 24.8. The van der Waals surface area contributed by atoms with Gasteiger partial charge in [-0.15, -0.1) is 11.3 Å². The third kappa shape index (κ3) is 4.74. The highest BCUT2D eigenvalue weighted by Crippen LogP contribution is 2.31. The molecule has 1 saturated heterocycles. The molecule has 1 aromatic carbocycles. The second kappa shape index (κ2) is 9.87. The topological polar surface area (TPSA) is 109 Å². The highest BCUT2D eigenvalue weighted by atomic mass is 35.5. The monoisotopic (exact) mass is 548 g/mol. The third-order valence-electron chi connectivity index (χ3n) is 5.88. The Morgan fingerprint density at radius 1 is 1.25 bits per heavy atom. The molecule has 0 radical (unpaired) electrons. The lowest BCUT2D eigenvalue weighted by molar-refractivity contribution is -0.121. The van der Waals surface area contributed by atoms with Crippen LogP contribution in [0.25, 0.3) is 15.9 Å². The van der Waals surface area contributed by atoms with Crippen molar-refractivity contribution in [1.82, 2.24) is 24.6 Å². The van der Waals surface area contributed by atoms with Crippen molar-refractivity contribution in [3.05, 3.63) is 65.6 Å². The summed E-state index contributed by atoms with van der Waals surface area (Å²) in [4.78, 5) is 23.4. The molecule has 4 aromatic rings. The van der Waals surface area contributed by atoms with Crippen molar-refractivity contribution in [2.24, 2.45) is 0 Å². The molecule has 5 rings (SSSR count). The zero-order valence-electron chi connectivity index (χ0n) is 19.1. The number of pyridine rings is 1. The van der Waals surface area contributed by atoms with E-state index in [1.165, 1.54) is 23.1 Å². The molecule has 1 unspecified atom stereocenters. The predicted molar refractivity (Wildman–Crippen MR) is 137 cm³/mol. The van der Waals surface area contributed by atoms with E-state index in [9.17, 15) is 13.2 Å². The molecule has 0 spiro atoms. The number of piperidine rings is 1. The number of amides is 1. The summed E-state index contributed by atoms with van der Waals surface area (Å²) in [6.07, 6.45) is 4.18. The van der Waals surface area contributed by atoms with Crippen LogP contribution >= 0.6 is 22.9 Å². The van der Waals surface area contributed by atoms with Gasteiger partial charge in [0, 0.05) is 36.1 Å². The van der Waals surface area contributed by atoms with Crippen LogP contribution < -0.4 is 14.9 Å². The number of fused-ring (bicyclic) bond motifs is 1. The second-order valence-electron chi connectivity index (χ2n) is 8.28. The van der Waals surface area contributed by atoms with Gasteiger partial charge in [0.25, 0.3) is 10.0 Å². The molecule has 4 heterocycles. The summed E-state index contributed by atoms with van der Waals surface area (Å²) in [6, 6.07) is 8.32. The Bertz CT molecular complexity index is 1550. The summed E-state index contributed by atoms with van der Waals surface area (Å²) < 4.78 is 45.6. The first-order valence-corrected chi connectivity index (χ1v) is 13.8. The Balaban J connectivity index is 1.37. The minimum atomic E-state index is -4.00. The summed E-state index contributed by atoms with van der Waals surface area (Å²) in [5, 5.41) is 3.92. The van der Waals surface area contributed by atoms with Gasteiger partial charge in [0.1, 0.15) is 31.9 Å². The largest absolute Gasteiger partial charge is 0.313 e. The number of thiophene rings is 1. The molecule has 13 heteroatoms. The van der Waals surface area contributed by atoms with Crippen LogP contribution in [0.1, 0.15) is 18.7 Å². The Labute approximate surface area is 216 Å². The Morgan fingerprint density at radius 2 is 2.08 bits per heavy atom. The molecule has 188 valence electrons. The van der Waals surface area contributed by atoms with Gasteiger partial charge in [-0.05, 0) is 50.2 Å². The minimum Gasteiger partial charge on any atom is -0.313 e. The molecule has 1 aliphatic rings. The Kier molecular flexibility index (Phi) is 6.79. The van der Waals surface area contributed by atoms with E-state index in [4.69, 9.17) is 11.6 Å². The van der Waals surface area contributed by atoms with Crippen molar-refractivity contribution >= 4 is 54.8 Å². The van der Waals surface area contributed by atoms with Crippen molar-refractivity contribution in [1.29, 1.82) is 0 Å². The molecular weight excluding hydrogens is 527 g/mol. The SMILES string of the molecule is CNCc1nccn1-c1ccc(N2CCCC(NS(=O)(=O)c3cc4ccc(Cl)nc4s3)C2=O)c(F)c1. The second-order valence-corrected chi connectivity index (χ2v) is 11.6. The number of aromatic nitrogens is 3. The number of rotatable bonds is 7. The summed E-state index contributed by atoms with van der Waals surface area (Å²) in [6.45, 7) is 0.792. The van der Waals surface area contributed by atoms with Crippen molar-refractivity contribution < 1.29 is 17.6 Å². The predicted octanol–water partition coefficient (Wildman–Crippen LogP) is 3.47.